The van der Waals surface area contributed by atoms with Crippen molar-refractivity contribution >= 4 is 22.8 Å². The molecule has 0 saturated heterocycles. The van der Waals surface area contributed by atoms with Crippen molar-refractivity contribution in [1.82, 2.24) is 9.80 Å². The number of fused-ring (bicyclic) bond motifs is 1. The second kappa shape index (κ2) is 13.1. The summed E-state index contributed by atoms with van der Waals surface area (Å²) in [5.74, 6) is -0.250. The standard InChI is InChI=1S/C32H33FN2O6/c1-5-21(2)35(32(38)23-14-26(39-3)16-27(15-23)40-4)19-30(36)34(17-22-10-12-25(33)13-11-22)18-24-20-41-29-9-7-6-8-28(29)31(24)37/h6-16,20-21H,5,17-19H2,1-4H3. The minimum Gasteiger partial charge on any atom is -0.497 e. The number of methoxy groups -OCH3 is 2. The van der Waals surface area contributed by atoms with E-state index in [-0.39, 0.29) is 48.5 Å². The van der Waals surface area contributed by atoms with Gasteiger partial charge in [0.25, 0.3) is 5.91 Å². The molecule has 214 valence electrons. The number of halogens is 1. The first-order valence-corrected chi connectivity index (χ1v) is 13.3. The molecule has 0 aliphatic rings. The van der Waals surface area contributed by atoms with E-state index in [0.717, 1.165) is 0 Å². The predicted octanol–water partition coefficient (Wildman–Crippen LogP) is 5.42. The lowest BCUT2D eigenvalue weighted by molar-refractivity contribution is -0.133. The van der Waals surface area contributed by atoms with E-state index in [1.54, 1.807) is 54.6 Å². The largest absolute Gasteiger partial charge is 0.497 e. The van der Waals surface area contributed by atoms with Crippen LogP contribution in [0.3, 0.4) is 0 Å². The van der Waals surface area contributed by atoms with E-state index in [1.807, 2.05) is 13.8 Å². The number of hydrogen-bond donors (Lipinski definition) is 0. The van der Waals surface area contributed by atoms with Crippen molar-refractivity contribution < 1.29 is 27.9 Å². The molecule has 1 aromatic heterocycles. The third-order valence-electron chi connectivity index (χ3n) is 7.04. The minimum atomic E-state index is -0.399. The fraction of sp³-hybridized carbons (Fsp3) is 0.281. The lowest BCUT2D eigenvalue weighted by atomic mass is 10.1. The van der Waals surface area contributed by atoms with Crippen LogP contribution in [0.1, 0.15) is 41.8 Å². The summed E-state index contributed by atoms with van der Waals surface area (Å²) in [6, 6.07) is 17.3. The molecule has 1 heterocycles. The van der Waals surface area contributed by atoms with Crippen LogP contribution in [-0.4, -0.2) is 48.4 Å². The van der Waals surface area contributed by atoms with Gasteiger partial charge in [-0.05, 0) is 55.3 Å². The maximum atomic E-state index is 13.9. The molecular weight excluding hydrogens is 527 g/mol. The summed E-state index contributed by atoms with van der Waals surface area (Å²) in [5, 5.41) is 0.405. The summed E-state index contributed by atoms with van der Waals surface area (Å²) >= 11 is 0. The molecule has 0 fully saturated rings. The number of benzene rings is 3. The second-order valence-corrected chi connectivity index (χ2v) is 9.75. The predicted molar refractivity (Wildman–Crippen MR) is 153 cm³/mol. The molecular formula is C32H33FN2O6. The van der Waals surface area contributed by atoms with E-state index in [0.29, 0.717) is 40.0 Å². The third kappa shape index (κ3) is 6.92. The van der Waals surface area contributed by atoms with Gasteiger partial charge < -0.3 is 23.7 Å². The molecule has 0 aliphatic heterocycles. The van der Waals surface area contributed by atoms with Crippen LogP contribution in [0.25, 0.3) is 11.0 Å². The summed E-state index contributed by atoms with van der Waals surface area (Å²) < 4.78 is 29.9. The highest BCUT2D eigenvalue weighted by molar-refractivity contribution is 5.97. The van der Waals surface area contributed by atoms with Gasteiger partial charge in [-0.15, -0.1) is 0 Å². The molecule has 0 N–H and O–H groups in total. The monoisotopic (exact) mass is 560 g/mol. The molecule has 41 heavy (non-hydrogen) atoms. The lowest BCUT2D eigenvalue weighted by Gasteiger charge is -2.31. The van der Waals surface area contributed by atoms with Crippen LogP contribution in [0.15, 0.2) is 82.2 Å². The van der Waals surface area contributed by atoms with Gasteiger partial charge in [0, 0.05) is 24.2 Å². The van der Waals surface area contributed by atoms with E-state index >= 15 is 0 Å². The van der Waals surface area contributed by atoms with Gasteiger partial charge >= 0.3 is 0 Å². The molecule has 2 amide bonds. The number of ether oxygens (including phenoxy) is 2. The third-order valence-corrected chi connectivity index (χ3v) is 7.04. The maximum absolute atomic E-state index is 13.9. The zero-order valence-electron chi connectivity index (χ0n) is 23.6. The van der Waals surface area contributed by atoms with Gasteiger partial charge in [-0.1, -0.05) is 31.2 Å². The van der Waals surface area contributed by atoms with Gasteiger partial charge in [-0.2, -0.15) is 0 Å². The first-order chi connectivity index (χ1) is 19.7. The van der Waals surface area contributed by atoms with Crippen LogP contribution in [-0.2, 0) is 17.9 Å². The molecule has 0 bridgehead atoms. The first kappa shape index (κ1) is 29.3. The second-order valence-electron chi connectivity index (χ2n) is 9.75. The Morgan fingerprint density at radius 2 is 1.61 bits per heavy atom. The Kier molecular flexibility index (Phi) is 9.39. The molecule has 0 radical (unpaired) electrons. The summed E-state index contributed by atoms with van der Waals surface area (Å²) in [6.45, 7) is 3.59. The zero-order valence-corrected chi connectivity index (χ0v) is 23.6. The van der Waals surface area contributed by atoms with Gasteiger partial charge in [-0.3, -0.25) is 14.4 Å². The Labute approximate surface area is 237 Å². The molecule has 1 atom stereocenters. The van der Waals surface area contributed by atoms with Crippen LogP contribution in [0.2, 0.25) is 0 Å². The van der Waals surface area contributed by atoms with Crippen molar-refractivity contribution in [3.05, 3.63) is 106 Å². The van der Waals surface area contributed by atoms with Crippen LogP contribution >= 0.6 is 0 Å². The number of hydrogen-bond acceptors (Lipinski definition) is 6. The van der Waals surface area contributed by atoms with Gasteiger partial charge in [0.2, 0.25) is 5.91 Å². The normalized spacial score (nSPS) is 11.6. The minimum absolute atomic E-state index is 0.0567. The number of rotatable bonds is 11. The van der Waals surface area contributed by atoms with E-state index in [2.05, 4.69) is 0 Å². The van der Waals surface area contributed by atoms with Crippen LogP contribution in [0.5, 0.6) is 11.5 Å². The van der Waals surface area contributed by atoms with Crippen molar-refractivity contribution in [3.8, 4) is 11.5 Å². The molecule has 4 aromatic rings. The number of amides is 2. The lowest BCUT2D eigenvalue weighted by Crippen LogP contribution is -2.46. The Bertz CT molecular complexity index is 1560. The van der Waals surface area contributed by atoms with Gasteiger partial charge in [0.15, 0.2) is 5.43 Å². The topological polar surface area (TPSA) is 89.3 Å². The molecule has 4 rings (SSSR count). The van der Waals surface area contributed by atoms with Crippen molar-refractivity contribution in [2.75, 3.05) is 20.8 Å². The summed E-state index contributed by atoms with van der Waals surface area (Å²) in [6.07, 6.45) is 1.96. The molecule has 8 nitrogen and oxygen atoms in total. The SMILES string of the molecule is CCC(C)N(CC(=O)N(Cc1ccc(F)cc1)Cc1coc2ccccc2c1=O)C(=O)c1cc(OC)cc(OC)c1. The average Bonchev–Trinajstić information content (AvgIpc) is 3.00. The smallest absolute Gasteiger partial charge is 0.254 e. The summed E-state index contributed by atoms with van der Waals surface area (Å²) in [7, 11) is 2.99. The fourth-order valence-corrected chi connectivity index (χ4v) is 4.47. The van der Waals surface area contributed by atoms with E-state index < -0.39 is 5.82 Å². The molecule has 0 spiro atoms. The van der Waals surface area contributed by atoms with Gasteiger partial charge in [0.1, 0.15) is 29.4 Å². The molecule has 3 aromatic carbocycles. The Morgan fingerprint density at radius 1 is 0.951 bits per heavy atom. The Hall–Kier alpha value is -4.66. The van der Waals surface area contributed by atoms with E-state index in [9.17, 15) is 18.8 Å². The Balaban J connectivity index is 1.67. The fourth-order valence-electron chi connectivity index (χ4n) is 4.47. The van der Waals surface area contributed by atoms with Crippen molar-refractivity contribution in [2.24, 2.45) is 0 Å². The van der Waals surface area contributed by atoms with Crippen molar-refractivity contribution in [2.45, 2.75) is 39.4 Å². The van der Waals surface area contributed by atoms with E-state index in [1.165, 1.54) is 42.4 Å². The molecule has 9 heteroatoms. The van der Waals surface area contributed by atoms with Crippen LogP contribution in [0, 0.1) is 5.82 Å². The average molecular weight is 561 g/mol. The number of carbonyl (C=O) groups excluding carboxylic acids is 2. The maximum Gasteiger partial charge on any atom is 0.254 e. The number of para-hydroxylation sites is 1. The van der Waals surface area contributed by atoms with Gasteiger partial charge in [0.05, 0.1) is 38.0 Å². The highest BCUT2D eigenvalue weighted by atomic mass is 19.1. The van der Waals surface area contributed by atoms with Crippen LogP contribution in [0.4, 0.5) is 4.39 Å². The molecule has 1 unspecified atom stereocenters. The van der Waals surface area contributed by atoms with E-state index in [4.69, 9.17) is 13.9 Å². The summed E-state index contributed by atoms with van der Waals surface area (Å²) in [5.41, 5.74) is 1.47. The van der Waals surface area contributed by atoms with Gasteiger partial charge in [-0.25, -0.2) is 4.39 Å². The highest BCUT2D eigenvalue weighted by Crippen LogP contribution is 2.25. The first-order valence-electron chi connectivity index (χ1n) is 13.3. The highest BCUT2D eigenvalue weighted by Gasteiger charge is 2.27. The quantitative estimate of drug-likeness (QED) is 0.243. The Morgan fingerprint density at radius 3 is 2.24 bits per heavy atom. The summed E-state index contributed by atoms with van der Waals surface area (Å²) in [4.78, 5) is 43.8. The number of carbonyl (C=O) groups is 2. The number of nitrogens with zero attached hydrogens (tertiary/aromatic N) is 2. The van der Waals surface area contributed by atoms with Crippen molar-refractivity contribution in [1.29, 1.82) is 0 Å². The van der Waals surface area contributed by atoms with Crippen LogP contribution < -0.4 is 14.9 Å². The molecule has 0 aliphatic carbocycles. The molecule has 0 saturated carbocycles. The zero-order chi connectivity index (χ0) is 29.5. The van der Waals surface area contributed by atoms with Crippen molar-refractivity contribution in [3.63, 3.8) is 0 Å².